The van der Waals surface area contributed by atoms with Crippen LogP contribution in [0, 0.1) is 23.6 Å². The summed E-state index contributed by atoms with van der Waals surface area (Å²) in [7, 11) is 0. The third-order valence-electron chi connectivity index (χ3n) is 6.47. The highest BCUT2D eigenvalue weighted by atomic mass is 19.1. The topological polar surface area (TPSA) is 20.2 Å². The molecule has 0 aromatic heterocycles. The fourth-order valence-corrected chi connectivity index (χ4v) is 5.01. The Balaban J connectivity index is 1.54. The molecular formula is C21H31FO. The molecule has 0 heterocycles. The summed E-state index contributed by atoms with van der Waals surface area (Å²) >= 11 is 0. The predicted molar refractivity (Wildman–Crippen MR) is 92.6 cm³/mol. The molecule has 1 aromatic rings. The summed E-state index contributed by atoms with van der Waals surface area (Å²) < 4.78 is 13.4. The quantitative estimate of drug-likeness (QED) is 0.742. The van der Waals surface area contributed by atoms with Crippen LogP contribution >= 0.6 is 0 Å². The van der Waals surface area contributed by atoms with E-state index in [1.807, 2.05) is 6.07 Å². The Morgan fingerprint density at radius 2 is 1.70 bits per heavy atom. The Bertz CT molecular complexity index is 496. The minimum absolute atomic E-state index is 0.243. The van der Waals surface area contributed by atoms with Gasteiger partial charge in [0.1, 0.15) is 5.82 Å². The van der Waals surface area contributed by atoms with Crippen LogP contribution in [-0.2, 0) is 5.60 Å². The first-order valence-electron chi connectivity index (χ1n) is 9.59. The van der Waals surface area contributed by atoms with Crippen LogP contribution in [0.15, 0.2) is 24.3 Å². The van der Waals surface area contributed by atoms with Gasteiger partial charge in [-0.25, -0.2) is 4.39 Å². The van der Waals surface area contributed by atoms with Gasteiger partial charge in [-0.15, -0.1) is 0 Å². The van der Waals surface area contributed by atoms with Crippen molar-refractivity contribution < 1.29 is 9.50 Å². The largest absolute Gasteiger partial charge is 0.385 e. The van der Waals surface area contributed by atoms with Crippen molar-refractivity contribution in [2.45, 2.75) is 76.7 Å². The molecule has 0 amide bonds. The molecule has 0 unspecified atom stereocenters. The second-order valence-corrected chi connectivity index (χ2v) is 7.95. The van der Waals surface area contributed by atoms with Crippen molar-refractivity contribution in [1.82, 2.24) is 0 Å². The number of aliphatic hydroxyl groups is 1. The molecule has 2 saturated carbocycles. The summed E-state index contributed by atoms with van der Waals surface area (Å²) in [4.78, 5) is 0. The molecule has 2 aliphatic rings. The van der Waals surface area contributed by atoms with Crippen LogP contribution in [0.5, 0.6) is 0 Å². The van der Waals surface area contributed by atoms with Crippen molar-refractivity contribution in [2.75, 3.05) is 0 Å². The zero-order valence-corrected chi connectivity index (χ0v) is 14.4. The van der Waals surface area contributed by atoms with Gasteiger partial charge in [0.15, 0.2) is 0 Å². The van der Waals surface area contributed by atoms with Gasteiger partial charge in [-0.3, -0.25) is 0 Å². The highest BCUT2D eigenvalue weighted by Gasteiger charge is 2.38. The molecule has 0 bridgehead atoms. The number of rotatable bonds is 4. The molecule has 2 heteroatoms. The molecule has 3 rings (SSSR count). The lowest BCUT2D eigenvalue weighted by Crippen LogP contribution is -2.34. The summed E-state index contributed by atoms with van der Waals surface area (Å²) in [6.07, 6.45) is 12.1. The number of hydrogen-bond donors (Lipinski definition) is 1. The molecule has 1 N–H and O–H groups in total. The van der Waals surface area contributed by atoms with E-state index in [1.165, 1.54) is 50.7 Å². The number of hydrogen-bond acceptors (Lipinski definition) is 1. The molecule has 0 spiro atoms. The van der Waals surface area contributed by atoms with E-state index in [0.29, 0.717) is 0 Å². The fourth-order valence-electron chi connectivity index (χ4n) is 5.01. The number of benzene rings is 1. The van der Waals surface area contributed by atoms with E-state index >= 15 is 0 Å². The molecule has 1 aromatic carbocycles. The molecule has 1 nitrogen and oxygen atoms in total. The van der Waals surface area contributed by atoms with Crippen LogP contribution < -0.4 is 0 Å². The van der Waals surface area contributed by atoms with Gasteiger partial charge in [-0.05, 0) is 74.0 Å². The average molecular weight is 318 g/mol. The van der Waals surface area contributed by atoms with Crippen molar-refractivity contribution in [3.63, 3.8) is 0 Å². The second kappa shape index (κ2) is 7.34. The molecular weight excluding hydrogens is 287 g/mol. The van der Waals surface area contributed by atoms with E-state index in [4.69, 9.17) is 0 Å². The van der Waals surface area contributed by atoms with Crippen LogP contribution in [0.4, 0.5) is 4.39 Å². The van der Waals surface area contributed by atoms with Crippen molar-refractivity contribution in [2.24, 2.45) is 17.8 Å². The second-order valence-electron chi connectivity index (χ2n) is 7.95. The highest BCUT2D eigenvalue weighted by Crippen LogP contribution is 2.46. The highest BCUT2D eigenvalue weighted by molar-refractivity contribution is 5.23. The Morgan fingerprint density at radius 1 is 1.04 bits per heavy atom. The zero-order chi connectivity index (χ0) is 16.3. The first-order valence-corrected chi connectivity index (χ1v) is 9.59. The smallest absolute Gasteiger partial charge is 0.123 e. The first kappa shape index (κ1) is 17.0. The van der Waals surface area contributed by atoms with Crippen molar-refractivity contribution in [3.05, 3.63) is 35.6 Å². The van der Waals surface area contributed by atoms with Crippen molar-refractivity contribution in [1.29, 1.82) is 0 Å². The van der Waals surface area contributed by atoms with Gasteiger partial charge in [-0.1, -0.05) is 44.7 Å². The van der Waals surface area contributed by atoms with E-state index in [2.05, 4.69) is 6.92 Å². The van der Waals surface area contributed by atoms with Gasteiger partial charge < -0.3 is 5.11 Å². The lowest BCUT2D eigenvalue weighted by molar-refractivity contribution is -0.0262. The summed E-state index contributed by atoms with van der Waals surface area (Å²) in [5, 5.41) is 10.9. The van der Waals surface area contributed by atoms with Gasteiger partial charge >= 0.3 is 0 Å². The normalized spacial score (nSPS) is 35.2. The van der Waals surface area contributed by atoms with Gasteiger partial charge in [0, 0.05) is 0 Å². The van der Waals surface area contributed by atoms with Gasteiger partial charge in [0.25, 0.3) is 0 Å². The molecule has 128 valence electrons. The first-order chi connectivity index (χ1) is 11.1. The van der Waals surface area contributed by atoms with Crippen molar-refractivity contribution >= 4 is 0 Å². The average Bonchev–Trinajstić information content (AvgIpc) is 2.57. The van der Waals surface area contributed by atoms with Crippen LogP contribution in [0.2, 0.25) is 0 Å². The maximum Gasteiger partial charge on any atom is 0.123 e. The monoisotopic (exact) mass is 318 g/mol. The van der Waals surface area contributed by atoms with Crippen LogP contribution in [-0.4, -0.2) is 5.11 Å². The Hall–Kier alpha value is -0.890. The molecule has 0 radical (unpaired) electrons. The summed E-state index contributed by atoms with van der Waals surface area (Å²) in [6, 6.07) is 6.55. The van der Waals surface area contributed by atoms with Gasteiger partial charge in [0.2, 0.25) is 0 Å². The Labute approximate surface area is 140 Å². The maximum absolute atomic E-state index is 13.4. The van der Waals surface area contributed by atoms with E-state index in [1.54, 1.807) is 6.07 Å². The van der Waals surface area contributed by atoms with Crippen LogP contribution in [0.1, 0.15) is 76.7 Å². The zero-order valence-electron chi connectivity index (χ0n) is 14.4. The van der Waals surface area contributed by atoms with E-state index < -0.39 is 5.60 Å². The minimum atomic E-state index is -0.808. The minimum Gasteiger partial charge on any atom is -0.385 e. The molecule has 2 fully saturated rings. The van der Waals surface area contributed by atoms with E-state index in [-0.39, 0.29) is 5.82 Å². The number of halogens is 1. The molecule has 0 atom stereocenters. The summed E-state index contributed by atoms with van der Waals surface area (Å²) in [5.74, 6) is 2.35. The molecule has 23 heavy (non-hydrogen) atoms. The molecule has 0 aliphatic heterocycles. The fraction of sp³-hybridized carbons (Fsp3) is 0.714. The molecule has 0 saturated heterocycles. The van der Waals surface area contributed by atoms with E-state index in [9.17, 15) is 9.50 Å². The predicted octanol–water partition coefficient (Wildman–Crippen LogP) is 5.81. The summed E-state index contributed by atoms with van der Waals surface area (Å²) in [6.45, 7) is 2.29. The Kier molecular flexibility index (Phi) is 5.41. The lowest BCUT2D eigenvalue weighted by atomic mass is 9.66. The SMILES string of the molecule is CCCC1CCC(C2CCC(O)(c3cccc(F)c3)CC2)CC1. The van der Waals surface area contributed by atoms with Gasteiger partial charge in [0.05, 0.1) is 5.60 Å². The third-order valence-corrected chi connectivity index (χ3v) is 6.47. The maximum atomic E-state index is 13.4. The summed E-state index contributed by atoms with van der Waals surface area (Å²) in [5.41, 5.74) is -0.0412. The third kappa shape index (κ3) is 3.96. The Morgan fingerprint density at radius 3 is 2.30 bits per heavy atom. The van der Waals surface area contributed by atoms with Crippen molar-refractivity contribution in [3.8, 4) is 0 Å². The van der Waals surface area contributed by atoms with Crippen LogP contribution in [0.25, 0.3) is 0 Å². The lowest BCUT2D eigenvalue weighted by Gasteiger charge is -2.41. The standard InChI is InChI=1S/C21H31FO/c1-2-4-16-7-9-17(10-8-16)18-11-13-21(23,14-12-18)19-5-3-6-20(22)15-19/h3,5-6,15-18,23H,2,4,7-14H2,1H3. The van der Waals surface area contributed by atoms with E-state index in [0.717, 1.165) is 49.0 Å². The van der Waals surface area contributed by atoms with Gasteiger partial charge in [-0.2, -0.15) is 0 Å². The molecule has 2 aliphatic carbocycles. The van der Waals surface area contributed by atoms with Crippen LogP contribution in [0.3, 0.4) is 0 Å².